The van der Waals surface area contributed by atoms with Gasteiger partial charge in [0.05, 0.1) is 5.69 Å². The summed E-state index contributed by atoms with van der Waals surface area (Å²) in [6, 6.07) is 6.43. The second-order valence-corrected chi connectivity index (χ2v) is 5.65. The molecule has 1 aliphatic heterocycles. The van der Waals surface area contributed by atoms with E-state index in [0.29, 0.717) is 32.7 Å². The zero-order valence-corrected chi connectivity index (χ0v) is 13.3. The fourth-order valence-corrected chi connectivity index (χ4v) is 2.59. The van der Waals surface area contributed by atoms with E-state index in [1.54, 1.807) is 6.20 Å². The lowest BCUT2D eigenvalue weighted by Gasteiger charge is -2.34. The summed E-state index contributed by atoms with van der Waals surface area (Å²) in [4.78, 5) is 27.3. The van der Waals surface area contributed by atoms with Crippen LogP contribution in [-0.4, -0.2) is 56.8 Å². The number of amides is 1. The Balaban J connectivity index is 1.60. The van der Waals surface area contributed by atoms with Crippen LogP contribution < -0.4 is 0 Å². The number of carbonyl (C=O) groups is 1. The van der Waals surface area contributed by atoms with Crippen molar-refractivity contribution in [2.75, 3.05) is 26.2 Å². The number of halogens is 3. The average Bonchev–Trinajstić information content (AvgIpc) is 2.62. The van der Waals surface area contributed by atoms with Crippen LogP contribution in [0.15, 0.2) is 36.7 Å². The summed E-state index contributed by atoms with van der Waals surface area (Å²) in [6.07, 6.45) is -1.92. The van der Waals surface area contributed by atoms with E-state index < -0.39 is 23.6 Å². The SMILES string of the molecule is O=C(c1nccc(C(F)(F)F)n1)N1CCN(Cc2ccccn2)CC1. The third-order valence-corrected chi connectivity index (χ3v) is 3.91. The van der Waals surface area contributed by atoms with Crippen LogP contribution in [0, 0.1) is 0 Å². The third-order valence-electron chi connectivity index (χ3n) is 3.91. The second kappa shape index (κ2) is 7.14. The molecular formula is C16H16F3N5O. The summed E-state index contributed by atoms with van der Waals surface area (Å²) < 4.78 is 38.1. The van der Waals surface area contributed by atoms with E-state index in [2.05, 4.69) is 19.9 Å². The van der Waals surface area contributed by atoms with E-state index in [1.165, 1.54) is 4.90 Å². The highest BCUT2D eigenvalue weighted by atomic mass is 19.4. The molecule has 2 aromatic heterocycles. The highest BCUT2D eigenvalue weighted by Crippen LogP contribution is 2.27. The number of rotatable bonds is 3. The molecule has 0 saturated carbocycles. The Bertz CT molecular complexity index is 730. The van der Waals surface area contributed by atoms with Crippen molar-refractivity contribution >= 4 is 5.91 Å². The number of alkyl halides is 3. The van der Waals surface area contributed by atoms with Gasteiger partial charge in [-0.15, -0.1) is 0 Å². The smallest absolute Gasteiger partial charge is 0.333 e. The first-order chi connectivity index (χ1) is 11.9. The van der Waals surface area contributed by atoms with Gasteiger partial charge in [0.1, 0.15) is 5.69 Å². The molecule has 9 heteroatoms. The average molecular weight is 351 g/mol. The summed E-state index contributed by atoms with van der Waals surface area (Å²) >= 11 is 0. The van der Waals surface area contributed by atoms with Gasteiger partial charge in [0.15, 0.2) is 0 Å². The van der Waals surface area contributed by atoms with E-state index in [9.17, 15) is 18.0 Å². The Kier molecular flexibility index (Phi) is 4.93. The van der Waals surface area contributed by atoms with Gasteiger partial charge < -0.3 is 4.90 Å². The Morgan fingerprint density at radius 1 is 1.04 bits per heavy atom. The zero-order chi connectivity index (χ0) is 17.9. The molecule has 3 rings (SSSR count). The van der Waals surface area contributed by atoms with Crippen molar-refractivity contribution in [3.05, 3.63) is 53.9 Å². The largest absolute Gasteiger partial charge is 0.433 e. The number of piperazine rings is 1. The predicted octanol–water partition coefficient (Wildman–Crippen LogP) is 1.85. The molecule has 6 nitrogen and oxygen atoms in total. The number of pyridine rings is 1. The standard InChI is InChI=1S/C16H16F3N5O/c17-16(18,19)13-4-6-21-14(22-13)15(25)24-9-7-23(8-10-24)11-12-3-1-2-5-20-12/h1-6H,7-11H2. The molecule has 0 spiro atoms. The van der Waals surface area contributed by atoms with Gasteiger partial charge in [-0.1, -0.05) is 6.07 Å². The number of carbonyl (C=O) groups excluding carboxylic acids is 1. The maximum atomic E-state index is 12.7. The van der Waals surface area contributed by atoms with E-state index in [4.69, 9.17) is 0 Å². The molecule has 1 fully saturated rings. The lowest BCUT2D eigenvalue weighted by Crippen LogP contribution is -2.48. The number of hydrogen-bond acceptors (Lipinski definition) is 5. The molecule has 0 aromatic carbocycles. The molecule has 1 aliphatic rings. The highest BCUT2D eigenvalue weighted by molar-refractivity contribution is 5.90. The second-order valence-electron chi connectivity index (χ2n) is 5.65. The minimum absolute atomic E-state index is 0.408. The first kappa shape index (κ1) is 17.3. The van der Waals surface area contributed by atoms with E-state index >= 15 is 0 Å². The molecule has 0 bridgehead atoms. The molecule has 0 unspecified atom stereocenters. The number of hydrogen-bond donors (Lipinski definition) is 0. The maximum Gasteiger partial charge on any atom is 0.433 e. The predicted molar refractivity (Wildman–Crippen MR) is 82.5 cm³/mol. The minimum atomic E-state index is -4.60. The Morgan fingerprint density at radius 3 is 2.44 bits per heavy atom. The van der Waals surface area contributed by atoms with Crippen LogP contribution >= 0.6 is 0 Å². The summed E-state index contributed by atoms with van der Waals surface area (Å²) in [6.45, 7) is 2.71. The fourth-order valence-electron chi connectivity index (χ4n) is 2.59. The quantitative estimate of drug-likeness (QED) is 0.845. The highest BCUT2D eigenvalue weighted by Gasteiger charge is 2.34. The summed E-state index contributed by atoms with van der Waals surface area (Å²) in [5, 5.41) is 0. The lowest BCUT2D eigenvalue weighted by atomic mass is 10.2. The molecule has 0 radical (unpaired) electrons. The Labute approximate surface area is 142 Å². The van der Waals surface area contributed by atoms with Crippen LogP contribution in [0.1, 0.15) is 22.0 Å². The van der Waals surface area contributed by atoms with Crippen LogP contribution in [0.4, 0.5) is 13.2 Å². The molecule has 0 aliphatic carbocycles. The van der Waals surface area contributed by atoms with E-state index in [-0.39, 0.29) is 0 Å². The maximum absolute atomic E-state index is 12.7. The van der Waals surface area contributed by atoms with Gasteiger partial charge in [-0.2, -0.15) is 13.2 Å². The monoisotopic (exact) mass is 351 g/mol. The van der Waals surface area contributed by atoms with Crippen molar-refractivity contribution in [1.82, 2.24) is 24.8 Å². The first-order valence-corrected chi connectivity index (χ1v) is 7.75. The Morgan fingerprint density at radius 2 is 1.80 bits per heavy atom. The zero-order valence-electron chi connectivity index (χ0n) is 13.3. The van der Waals surface area contributed by atoms with Crippen molar-refractivity contribution in [1.29, 1.82) is 0 Å². The van der Waals surface area contributed by atoms with Gasteiger partial charge in [-0.3, -0.25) is 14.7 Å². The van der Waals surface area contributed by atoms with Gasteiger partial charge in [0.2, 0.25) is 5.82 Å². The van der Waals surface area contributed by atoms with Crippen LogP contribution in [0.5, 0.6) is 0 Å². The van der Waals surface area contributed by atoms with Crippen molar-refractivity contribution in [3.8, 4) is 0 Å². The Hall–Kier alpha value is -2.55. The molecule has 132 valence electrons. The molecule has 0 N–H and O–H groups in total. The number of nitrogens with zero attached hydrogens (tertiary/aromatic N) is 5. The van der Waals surface area contributed by atoms with Gasteiger partial charge in [-0.05, 0) is 18.2 Å². The molecular weight excluding hydrogens is 335 g/mol. The lowest BCUT2D eigenvalue weighted by molar-refractivity contribution is -0.141. The van der Waals surface area contributed by atoms with Crippen LogP contribution in [0.25, 0.3) is 0 Å². The van der Waals surface area contributed by atoms with Crippen molar-refractivity contribution in [2.24, 2.45) is 0 Å². The minimum Gasteiger partial charge on any atom is -0.333 e. The van der Waals surface area contributed by atoms with Gasteiger partial charge in [0.25, 0.3) is 5.91 Å². The summed E-state index contributed by atoms with van der Waals surface area (Å²) in [5.74, 6) is -1.00. The van der Waals surface area contributed by atoms with Crippen molar-refractivity contribution in [3.63, 3.8) is 0 Å². The topological polar surface area (TPSA) is 62.2 Å². The fraction of sp³-hybridized carbons (Fsp3) is 0.375. The molecule has 1 amide bonds. The van der Waals surface area contributed by atoms with Gasteiger partial charge in [0, 0.05) is 45.1 Å². The van der Waals surface area contributed by atoms with Crippen LogP contribution in [0.3, 0.4) is 0 Å². The van der Waals surface area contributed by atoms with Crippen LogP contribution in [-0.2, 0) is 12.7 Å². The third kappa shape index (κ3) is 4.30. The van der Waals surface area contributed by atoms with E-state index in [0.717, 1.165) is 18.0 Å². The summed E-state index contributed by atoms with van der Waals surface area (Å²) in [5.41, 5.74) is -0.178. The molecule has 3 heterocycles. The molecule has 2 aromatic rings. The summed E-state index contributed by atoms with van der Waals surface area (Å²) in [7, 11) is 0. The normalized spacial score (nSPS) is 16.0. The van der Waals surface area contributed by atoms with E-state index in [1.807, 2.05) is 18.2 Å². The number of aromatic nitrogens is 3. The molecule has 0 atom stereocenters. The van der Waals surface area contributed by atoms with Crippen molar-refractivity contribution < 1.29 is 18.0 Å². The van der Waals surface area contributed by atoms with Crippen molar-refractivity contribution in [2.45, 2.75) is 12.7 Å². The van der Waals surface area contributed by atoms with Gasteiger partial charge in [-0.25, -0.2) is 9.97 Å². The molecule has 25 heavy (non-hydrogen) atoms. The van der Waals surface area contributed by atoms with Crippen LogP contribution in [0.2, 0.25) is 0 Å². The first-order valence-electron chi connectivity index (χ1n) is 7.75. The van der Waals surface area contributed by atoms with Gasteiger partial charge >= 0.3 is 6.18 Å². The molecule has 1 saturated heterocycles.